The van der Waals surface area contributed by atoms with Crippen molar-refractivity contribution in [2.75, 3.05) is 6.54 Å². The lowest BCUT2D eigenvalue weighted by Gasteiger charge is -2.44. The largest absolute Gasteiger partial charge is 0.445 e. The van der Waals surface area contributed by atoms with Gasteiger partial charge >= 0.3 is 6.09 Å². The van der Waals surface area contributed by atoms with E-state index in [0.29, 0.717) is 4.90 Å². The molecule has 0 spiro atoms. The Balaban J connectivity index is 1.93. The molecule has 1 fully saturated rings. The van der Waals surface area contributed by atoms with E-state index < -0.39 is 30.5 Å². The van der Waals surface area contributed by atoms with Crippen LogP contribution in [0.4, 0.5) is 13.6 Å². The van der Waals surface area contributed by atoms with Gasteiger partial charge in [0.1, 0.15) is 6.61 Å². The molecule has 0 saturated carbocycles. The molecular weight excluding hydrogens is 258 g/mol. The average Bonchev–Trinajstić information content (AvgIpc) is 2.34. The first-order chi connectivity index (χ1) is 8.92. The number of benzene rings is 1. The van der Waals surface area contributed by atoms with Crippen molar-refractivity contribution in [3.05, 3.63) is 35.9 Å². The number of hydrogen-bond donors (Lipinski definition) is 1. The van der Waals surface area contributed by atoms with Gasteiger partial charge in [0.15, 0.2) is 6.04 Å². The normalized spacial score (nSPS) is 20.5. The molecule has 2 N–H and O–H groups in total. The number of nitrogens with two attached hydrogens (primary N) is 1. The molecular formula is C12H12F2N2O3. The zero-order valence-electron chi connectivity index (χ0n) is 9.88. The van der Waals surface area contributed by atoms with Crippen LogP contribution in [-0.2, 0) is 16.1 Å². The molecule has 19 heavy (non-hydrogen) atoms. The summed E-state index contributed by atoms with van der Waals surface area (Å²) >= 11 is 0. The summed E-state index contributed by atoms with van der Waals surface area (Å²) < 4.78 is 31.0. The molecule has 1 aliphatic heterocycles. The number of nitrogens with zero attached hydrogens (tertiary/aromatic N) is 1. The quantitative estimate of drug-likeness (QED) is 0.894. The maximum atomic E-state index is 13.1. The molecule has 1 aromatic carbocycles. The topological polar surface area (TPSA) is 72.6 Å². The second-order valence-electron chi connectivity index (χ2n) is 4.23. The molecule has 2 rings (SSSR count). The molecule has 0 aromatic heterocycles. The number of amides is 2. The number of alkyl halides is 2. The third-order valence-electron chi connectivity index (χ3n) is 2.80. The minimum absolute atomic E-state index is 0.0484. The van der Waals surface area contributed by atoms with Gasteiger partial charge in [-0.25, -0.2) is 13.6 Å². The zero-order chi connectivity index (χ0) is 14.0. The summed E-state index contributed by atoms with van der Waals surface area (Å²) in [7, 11) is 0. The fourth-order valence-corrected chi connectivity index (χ4v) is 1.85. The molecule has 102 valence electrons. The van der Waals surface area contributed by atoms with Gasteiger partial charge in [-0.15, -0.1) is 0 Å². The highest BCUT2D eigenvalue weighted by Crippen LogP contribution is 2.35. The Bertz CT molecular complexity index is 493. The maximum absolute atomic E-state index is 13.1. The molecule has 1 heterocycles. The van der Waals surface area contributed by atoms with Crippen molar-refractivity contribution in [1.29, 1.82) is 0 Å². The molecule has 0 radical (unpaired) electrons. The second-order valence-corrected chi connectivity index (χ2v) is 4.23. The van der Waals surface area contributed by atoms with E-state index in [1.165, 1.54) is 0 Å². The van der Waals surface area contributed by atoms with Crippen LogP contribution in [0.3, 0.4) is 0 Å². The number of likely N-dealkylation sites (tertiary alicyclic amines) is 1. The Kier molecular flexibility index (Phi) is 3.37. The number of ether oxygens (including phenoxy) is 1. The lowest BCUT2D eigenvalue weighted by molar-refractivity contribution is -0.179. The molecule has 1 aliphatic rings. The molecule has 0 bridgehead atoms. The molecule has 5 nitrogen and oxygen atoms in total. The number of primary amides is 1. The van der Waals surface area contributed by atoms with Crippen molar-refractivity contribution in [3.8, 4) is 0 Å². The van der Waals surface area contributed by atoms with E-state index in [1.54, 1.807) is 30.3 Å². The molecule has 7 heteroatoms. The first kappa shape index (κ1) is 13.3. The van der Waals surface area contributed by atoms with Crippen LogP contribution in [0.15, 0.2) is 30.3 Å². The van der Waals surface area contributed by atoms with Gasteiger partial charge in [-0.05, 0) is 5.56 Å². The summed E-state index contributed by atoms with van der Waals surface area (Å²) in [5.74, 6) is -4.52. The number of halogens is 2. The van der Waals surface area contributed by atoms with Crippen molar-refractivity contribution in [2.45, 2.75) is 18.6 Å². The van der Waals surface area contributed by atoms with E-state index in [1.807, 2.05) is 0 Å². The molecule has 1 unspecified atom stereocenters. The third-order valence-corrected chi connectivity index (χ3v) is 2.80. The first-order valence-electron chi connectivity index (χ1n) is 5.56. The lowest BCUT2D eigenvalue weighted by Crippen LogP contribution is -2.71. The lowest BCUT2D eigenvalue weighted by atomic mass is 9.98. The van der Waals surface area contributed by atoms with E-state index in [0.717, 1.165) is 5.56 Å². The standard InChI is InChI=1S/C12H12F2N2O3/c13-12(14)7-16(9(12)10(15)17)11(18)19-6-8-4-2-1-3-5-8/h1-5,9H,6-7H2,(H2,15,17). The smallest absolute Gasteiger partial charge is 0.411 e. The van der Waals surface area contributed by atoms with Crippen LogP contribution in [0.1, 0.15) is 5.56 Å². The highest BCUT2D eigenvalue weighted by atomic mass is 19.3. The fourth-order valence-electron chi connectivity index (χ4n) is 1.85. The summed E-state index contributed by atoms with van der Waals surface area (Å²) in [6, 6.07) is 6.84. The summed E-state index contributed by atoms with van der Waals surface area (Å²) in [6.45, 7) is -0.901. The average molecular weight is 270 g/mol. The molecule has 1 aromatic rings. The van der Waals surface area contributed by atoms with Gasteiger partial charge < -0.3 is 10.5 Å². The van der Waals surface area contributed by atoms with E-state index in [4.69, 9.17) is 10.5 Å². The summed E-state index contributed by atoms with van der Waals surface area (Å²) in [5.41, 5.74) is 5.56. The summed E-state index contributed by atoms with van der Waals surface area (Å²) in [5, 5.41) is 0. The van der Waals surface area contributed by atoms with Gasteiger partial charge in [-0.2, -0.15) is 0 Å². The van der Waals surface area contributed by atoms with Gasteiger partial charge in [-0.3, -0.25) is 9.69 Å². The van der Waals surface area contributed by atoms with Crippen LogP contribution < -0.4 is 5.73 Å². The highest BCUT2D eigenvalue weighted by molar-refractivity contribution is 5.87. The van der Waals surface area contributed by atoms with Gasteiger partial charge in [0.2, 0.25) is 5.91 Å². The SMILES string of the molecule is NC(=O)C1N(C(=O)OCc2ccccc2)CC1(F)F. The van der Waals surface area contributed by atoms with Crippen LogP contribution >= 0.6 is 0 Å². The van der Waals surface area contributed by atoms with Crippen LogP contribution in [0.25, 0.3) is 0 Å². The second kappa shape index (κ2) is 4.83. The molecule has 2 amide bonds. The van der Waals surface area contributed by atoms with Crippen LogP contribution in [0.2, 0.25) is 0 Å². The van der Waals surface area contributed by atoms with Gasteiger partial charge in [-0.1, -0.05) is 30.3 Å². The minimum Gasteiger partial charge on any atom is -0.445 e. The monoisotopic (exact) mass is 270 g/mol. The Morgan fingerprint density at radius 2 is 2.00 bits per heavy atom. The van der Waals surface area contributed by atoms with Crippen molar-refractivity contribution in [3.63, 3.8) is 0 Å². The number of hydrogen-bond acceptors (Lipinski definition) is 3. The zero-order valence-corrected chi connectivity index (χ0v) is 9.88. The molecule has 1 saturated heterocycles. The predicted octanol–water partition coefficient (Wildman–Crippen LogP) is 1.13. The fraction of sp³-hybridized carbons (Fsp3) is 0.333. The van der Waals surface area contributed by atoms with Crippen molar-refractivity contribution in [1.82, 2.24) is 4.90 Å². The van der Waals surface area contributed by atoms with Crippen molar-refractivity contribution in [2.24, 2.45) is 5.73 Å². The van der Waals surface area contributed by atoms with Crippen LogP contribution in [0, 0.1) is 0 Å². The van der Waals surface area contributed by atoms with Crippen LogP contribution in [-0.4, -0.2) is 35.4 Å². The highest BCUT2D eigenvalue weighted by Gasteiger charge is 2.60. The third kappa shape index (κ3) is 2.64. The van der Waals surface area contributed by atoms with E-state index in [-0.39, 0.29) is 6.61 Å². The Hall–Kier alpha value is -2.18. The number of rotatable bonds is 3. The van der Waals surface area contributed by atoms with E-state index >= 15 is 0 Å². The van der Waals surface area contributed by atoms with Gasteiger partial charge in [0, 0.05) is 0 Å². The number of carbonyl (C=O) groups is 2. The van der Waals surface area contributed by atoms with Gasteiger partial charge in [0.05, 0.1) is 6.54 Å². The predicted molar refractivity (Wildman–Crippen MR) is 61.3 cm³/mol. The van der Waals surface area contributed by atoms with Gasteiger partial charge in [0.25, 0.3) is 5.92 Å². The Morgan fingerprint density at radius 1 is 1.37 bits per heavy atom. The van der Waals surface area contributed by atoms with Crippen molar-refractivity contribution >= 4 is 12.0 Å². The minimum atomic E-state index is -3.28. The van der Waals surface area contributed by atoms with Crippen molar-refractivity contribution < 1.29 is 23.1 Å². The molecule has 1 atom stereocenters. The Labute approximate surface area is 107 Å². The first-order valence-corrected chi connectivity index (χ1v) is 5.56. The van der Waals surface area contributed by atoms with Crippen LogP contribution in [0.5, 0.6) is 0 Å². The van der Waals surface area contributed by atoms with E-state index in [2.05, 4.69) is 0 Å². The Morgan fingerprint density at radius 3 is 2.53 bits per heavy atom. The summed E-state index contributed by atoms with van der Waals surface area (Å²) in [6.07, 6.45) is -0.974. The van der Waals surface area contributed by atoms with E-state index in [9.17, 15) is 18.4 Å². The molecule has 0 aliphatic carbocycles. The maximum Gasteiger partial charge on any atom is 0.411 e. The summed E-state index contributed by atoms with van der Waals surface area (Å²) in [4.78, 5) is 23.1. The number of carbonyl (C=O) groups excluding carboxylic acids is 2.